The van der Waals surface area contributed by atoms with E-state index in [0.29, 0.717) is 11.6 Å². The molecule has 3 heterocycles. The summed E-state index contributed by atoms with van der Waals surface area (Å²) in [5, 5.41) is 11.9. The lowest BCUT2D eigenvalue weighted by atomic mass is 10.1. The van der Waals surface area contributed by atoms with Gasteiger partial charge in [-0.1, -0.05) is 11.6 Å². The molecule has 9 nitrogen and oxygen atoms in total. The number of anilines is 1. The number of amides is 3. The molecule has 1 aliphatic rings. The first-order chi connectivity index (χ1) is 15.8. The fraction of sp³-hybridized carbons (Fsp3) is 0.455. The van der Waals surface area contributed by atoms with Gasteiger partial charge in [0.1, 0.15) is 11.9 Å². The molecule has 0 bridgehead atoms. The van der Waals surface area contributed by atoms with Gasteiger partial charge in [0.25, 0.3) is 0 Å². The van der Waals surface area contributed by atoms with Crippen molar-refractivity contribution in [1.29, 1.82) is 0 Å². The second-order valence-electron chi connectivity index (χ2n) is 7.96. The number of thiophene rings is 1. The fourth-order valence-corrected chi connectivity index (χ4v) is 4.77. The molecule has 0 spiro atoms. The van der Waals surface area contributed by atoms with Crippen LogP contribution in [0.25, 0.3) is 0 Å². The van der Waals surface area contributed by atoms with Crippen molar-refractivity contribution in [3.05, 3.63) is 44.7 Å². The van der Waals surface area contributed by atoms with Crippen LogP contribution in [0.4, 0.5) is 5.82 Å². The predicted molar refractivity (Wildman–Crippen MR) is 129 cm³/mol. The molecule has 1 unspecified atom stereocenters. The molecular weight excluding hydrogens is 464 g/mol. The zero-order valence-corrected chi connectivity index (χ0v) is 20.3. The highest BCUT2D eigenvalue weighted by Gasteiger charge is 2.22. The fourth-order valence-electron chi connectivity index (χ4n) is 3.43. The maximum absolute atomic E-state index is 12.5. The molecule has 0 aliphatic carbocycles. The largest absolute Gasteiger partial charge is 0.347 e. The number of hydrogen-bond acceptors (Lipinski definition) is 7. The van der Waals surface area contributed by atoms with Crippen molar-refractivity contribution in [2.75, 3.05) is 39.0 Å². The average Bonchev–Trinajstić information content (AvgIpc) is 3.22. The first-order valence-electron chi connectivity index (χ1n) is 10.8. The molecule has 2 aromatic heterocycles. The van der Waals surface area contributed by atoms with Gasteiger partial charge in [0.05, 0.1) is 5.02 Å². The SMILES string of the molecule is CN(C)C(=O)C(CNC(=O)C(=O)Nc1ccc(Cl)cn1)NCCCc1cc2c(s1)CCNC2. The summed E-state index contributed by atoms with van der Waals surface area (Å²) in [4.78, 5) is 45.0. The highest BCUT2D eigenvalue weighted by molar-refractivity contribution is 7.12. The lowest BCUT2D eigenvalue weighted by Crippen LogP contribution is -2.52. The van der Waals surface area contributed by atoms with Gasteiger partial charge in [-0.25, -0.2) is 4.98 Å². The van der Waals surface area contributed by atoms with Gasteiger partial charge in [0.15, 0.2) is 0 Å². The third kappa shape index (κ3) is 7.50. The molecule has 2 aromatic rings. The van der Waals surface area contributed by atoms with Crippen molar-refractivity contribution in [1.82, 2.24) is 25.8 Å². The number of carbonyl (C=O) groups excluding carboxylic acids is 3. The molecule has 0 saturated carbocycles. The van der Waals surface area contributed by atoms with E-state index in [1.54, 1.807) is 20.2 Å². The number of fused-ring (bicyclic) bond motifs is 1. The zero-order valence-electron chi connectivity index (χ0n) is 18.7. The summed E-state index contributed by atoms with van der Waals surface area (Å²) in [5.74, 6) is -1.67. The van der Waals surface area contributed by atoms with Gasteiger partial charge in [0, 0.05) is 49.7 Å². The second-order valence-corrected chi connectivity index (χ2v) is 9.61. The van der Waals surface area contributed by atoms with Crippen LogP contribution in [0, 0.1) is 0 Å². The Kier molecular flexibility index (Phi) is 9.19. The number of hydrogen-bond donors (Lipinski definition) is 4. The first-order valence-corrected chi connectivity index (χ1v) is 12.0. The van der Waals surface area contributed by atoms with Crippen molar-refractivity contribution in [3.63, 3.8) is 0 Å². The summed E-state index contributed by atoms with van der Waals surface area (Å²) < 4.78 is 0. The highest BCUT2D eigenvalue weighted by atomic mass is 35.5. The van der Waals surface area contributed by atoms with E-state index in [-0.39, 0.29) is 18.3 Å². The number of carbonyl (C=O) groups is 3. The average molecular weight is 493 g/mol. The van der Waals surface area contributed by atoms with Crippen LogP contribution in [0.15, 0.2) is 24.4 Å². The van der Waals surface area contributed by atoms with E-state index in [1.165, 1.54) is 32.5 Å². The summed E-state index contributed by atoms with van der Waals surface area (Å²) in [6, 6.07) is 4.68. The van der Waals surface area contributed by atoms with E-state index in [9.17, 15) is 14.4 Å². The van der Waals surface area contributed by atoms with Crippen LogP contribution in [-0.2, 0) is 33.8 Å². The summed E-state index contributed by atoms with van der Waals surface area (Å²) in [5.41, 5.74) is 1.39. The van der Waals surface area contributed by atoms with E-state index in [1.807, 2.05) is 11.3 Å². The number of likely N-dealkylation sites (N-methyl/N-ethyl adjacent to an activating group) is 1. The Morgan fingerprint density at radius 1 is 1.27 bits per heavy atom. The number of aromatic nitrogens is 1. The molecule has 0 radical (unpaired) electrons. The molecule has 0 saturated heterocycles. The molecular formula is C22H29ClN6O3S. The number of pyridine rings is 1. The highest BCUT2D eigenvalue weighted by Crippen LogP contribution is 2.26. The smallest absolute Gasteiger partial charge is 0.314 e. The minimum Gasteiger partial charge on any atom is -0.347 e. The molecule has 178 valence electrons. The van der Waals surface area contributed by atoms with E-state index < -0.39 is 17.9 Å². The molecule has 1 aliphatic heterocycles. The summed E-state index contributed by atoms with van der Waals surface area (Å²) in [6.45, 7) is 2.58. The first kappa shape index (κ1) is 25.1. The molecule has 33 heavy (non-hydrogen) atoms. The number of nitrogens with one attached hydrogen (secondary N) is 4. The maximum Gasteiger partial charge on any atom is 0.314 e. The Bertz CT molecular complexity index is 956. The van der Waals surface area contributed by atoms with Crippen molar-refractivity contribution < 1.29 is 14.4 Å². The molecule has 3 amide bonds. The molecule has 11 heteroatoms. The zero-order chi connectivity index (χ0) is 23.8. The summed E-state index contributed by atoms with van der Waals surface area (Å²) in [6.07, 6.45) is 4.24. The number of nitrogens with zero attached hydrogens (tertiary/aromatic N) is 2. The van der Waals surface area contributed by atoms with Crippen LogP contribution in [-0.4, -0.2) is 67.4 Å². The van der Waals surface area contributed by atoms with Crippen LogP contribution in [0.1, 0.15) is 21.7 Å². The predicted octanol–water partition coefficient (Wildman–Crippen LogP) is 1.18. The Morgan fingerprint density at radius 3 is 2.79 bits per heavy atom. The van der Waals surface area contributed by atoms with Crippen molar-refractivity contribution in [2.24, 2.45) is 0 Å². The second kappa shape index (κ2) is 12.1. The van der Waals surface area contributed by atoms with E-state index in [4.69, 9.17) is 11.6 Å². The third-order valence-electron chi connectivity index (χ3n) is 5.16. The van der Waals surface area contributed by atoms with E-state index in [0.717, 1.165) is 32.4 Å². The maximum atomic E-state index is 12.5. The van der Waals surface area contributed by atoms with Crippen LogP contribution in [0.3, 0.4) is 0 Å². The molecule has 1 atom stereocenters. The van der Waals surface area contributed by atoms with Gasteiger partial charge in [-0.3, -0.25) is 14.4 Å². The Balaban J connectivity index is 1.45. The summed E-state index contributed by atoms with van der Waals surface area (Å²) in [7, 11) is 3.31. The van der Waals surface area contributed by atoms with Gasteiger partial charge in [0.2, 0.25) is 5.91 Å². The third-order valence-corrected chi connectivity index (χ3v) is 6.68. The van der Waals surface area contributed by atoms with Crippen LogP contribution >= 0.6 is 22.9 Å². The van der Waals surface area contributed by atoms with Crippen molar-refractivity contribution in [2.45, 2.75) is 31.8 Å². The number of rotatable bonds is 9. The lowest BCUT2D eigenvalue weighted by Gasteiger charge is -2.22. The van der Waals surface area contributed by atoms with Gasteiger partial charge >= 0.3 is 11.8 Å². The molecule has 3 rings (SSSR count). The molecule has 0 fully saturated rings. The van der Waals surface area contributed by atoms with Gasteiger partial charge in [-0.05, 0) is 49.6 Å². The lowest BCUT2D eigenvalue weighted by molar-refractivity contribution is -0.136. The van der Waals surface area contributed by atoms with Crippen molar-refractivity contribution in [3.8, 4) is 0 Å². The van der Waals surface area contributed by atoms with Crippen LogP contribution in [0.2, 0.25) is 5.02 Å². The van der Waals surface area contributed by atoms with Crippen LogP contribution in [0.5, 0.6) is 0 Å². The monoisotopic (exact) mass is 492 g/mol. The van der Waals surface area contributed by atoms with Gasteiger partial charge in [-0.2, -0.15) is 0 Å². The standard InChI is InChI=1S/C22H29ClN6O3S/c1-29(2)22(32)17(13-27-20(30)21(31)28-19-6-5-15(23)12-26-19)25-8-3-4-16-10-14-11-24-9-7-18(14)33-16/h5-6,10,12,17,24-25H,3-4,7-9,11,13H2,1-2H3,(H,27,30)(H,26,28,31). The Labute approximate surface area is 202 Å². The number of aryl methyl sites for hydroxylation is 1. The Morgan fingerprint density at radius 2 is 2.09 bits per heavy atom. The quantitative estimate of drug-likeness (QED) is 0.308. The summed E-state index contributed by atoms with van der Waals surface area (Å²) >= 11 is 7.63. The van der Waals surface area contributed by atoms with Gasteiger partial charge < -0.3 is 26.2 Å². The van der Waals surface area contributed by atoms with Gasteiger partial charge in [-0.15, -0.1) is 11.3 Å². The normalized spacial score (nSPS) is 13.7. The molecule has 4 N–H and O–H groups in total. The minimum atomic E-state index is -0.864. The Hall–Kier alpha value is -2.53. The molecule has 0 aromatic carbocycles. The van der Waals surface area contributed by atoms with Crippen LogP contribution < -0.4 is 21.3 Å². The van der Waals surface area contributed by atoms with E-state index >= 15 is 0 Å². The van der Waals surface area contributed by atoms with E-state index in [2.05, 4.69) is 32.3 Å². The topological polar surface area (TPSA) is 115 Å². The minimum absolute atomic E-state index is 0.00369. The number of halogens is 1. The van der Waals surface area contributed by atoms with Crippen molar-refractivity contribution >= 4 is 46.5 Å².